The summed E-state index contributed by atoms with van der Waals surface area (Å²) >= 11 is 0. The molecule has 0 saturated heterocycles. The van der Waals surface area contributed by atoms with Gasteiger partial charge in [-0.1, -0.05) is 42.5 Å². The van der Waals surface area contributed by atoms with Gasteiger partial charge in [0.15, 0.2) is 0 Å². The smallest absolute Gasteiger partial charge is 0.142 e. The number of para-hydroxylation sites is 1. The van der Waals surface area contributed by atoms with Crippen LogP contribution < -0.4 is 5.32 Å². The molecule has 0 fully saturated rings. The van der Waals surface area contributed by atoms with E-state index in [2.05, 4.69) is 41.7 Å². The molecule has 2 aromatic carbocycles. The van der Waals surface area contributed by atoms with Crippen LogP contribution in [-0.4, -0.2) is 12.3 Å². The van der Waals surface area contributed by atoms with Gasteiger partial charge in [0.1, 0.15) is 5.78 Å². The van der Waals surface area contributed by atoms with Gasteiger partial charge in [0.25, 0.3) is 0 Å². The first kappa shape index (κ1) is 11.7. The molecule has 100 valence electrons. The zero-order valence-electron chi connectivity index (χ0n) is 11.3. The third-order valence-corrected chi connectivity index (χ3v) is 4.63. The van der Waals surface area contributed by atoms with Crippen LogP contribution in [0.4, 0.5) is 5.69 Å². The van der Waals surface area contributed by atoms with E-state index in [0.29, 0.717) is 18.1 Å². The Hall–Kier alpha value is -2.09. The molecule has 1 aliphatic heterocycles. The summed E-state index contributed by atoms with van der Waals surface area (Å²) < 4.78 is 0. The van der Waals surface area contributed by atoms with E-state index in [1.165, 1.54) is 16.7 Å². The number of ketones is 1. The molecule has 4 rings (SSSR count). The minimum atomic E-state index is 0.0407. The highest BCUT2D eigenvalue weighted by Crippen LogP contribution is 2.40. The van der Waals surface area contributed by atoms with Crippen molar-refractivity contribution in [2.45, 2.75) is 24.7 Å². The fourth-order valence-electron chi connectivity index (χ4n) is 3.50. The van der Waals surface area contributed by atoms with E-state index in [-0.39, 0.29) is 5.92 Å². The van der Waals surface area contributed by atoms with E-state index in [9.17, 15) is 4.79 Å². The number of fused-ring (bicyclic) bond motifs is 2. The first-order chi connectivity index (χ1) is 9.83. The van der Waals surface area contributed by atoms with Crippen molar-refractivity contribution in [2.75, 3.05) is 11.9 Å². The Kier molecular flexibility index (Phi) is 2.62. The highest BCUT2D eigenvalue weighted by Gasteiger charge is 2.33. The maximum Gasteiger partial charge on any atom is 0.142 e. The SMILES string of the molecule is O=C(CC1Cc2ccccc21)C1CNc2ccccc21. The van der Waals surface area contributed by atoms with Crippen LogP contribution in [0.5, 0.6) is 0 Å². The zero-order valence-corrected chi connectivity index (χ0v) is 11.3. The van der Waals surface area contributed by atoms with Crippen molar-refractivity contribution < 1.29 is 4.79 Å². The van der Waals surface area contributed by atoms with Gasteiger partial charge in [-0.3, -0.25) is 4.79 Å². The van der Waals surface area contributed by atoms with Crippen LogP contribution >= 0.6 is 0 Å². The number of Topliss-reactive ketones (excluding diaryl/α,β-unsaturated/α-hetero) is 1. The number of hydrogen-bond acceptors (Lipinski definition) is 2. The molecule has 1 aliphatic carbocycles. The van der Waals surface area contributed by atoms with Crippen LogP contribution in [0, 0.1) is 0 Å². The van der Waals surface area contributed by atoms with Crippen molar-refractivity contribution in [1.29, 1.82) is 0 Å². The molecule has 1 N–H and O–H groups in total. The lowest BCUT2D eigenvalue weighted by Gasteiger charge is -2.30. The van der Waals surface area contributed by atoms with Crippen molar-refractivity contribution in [3.63, 3.8) is 0 Å². The Morgan fingerprint density at radius 3 is 2.65 bits per heavy atom. The number of carbonyl (C=O) groups excluding carboxylic acids is 1. The third kappa shape index (κ3) is 1.75. The molecule has 20 heavy (non-hydrogen) atoms. The molecule has 0 saturated carbocycles. The van der Waals surface area contributed by atoms with Crippen molar-refractivity contribution in [1.82, 2.24) is 0 Å². The zero-order chi connectivity index (χ0) is 13.5. The average Bonchev–Trinajstić information content (AvgIpc) is 2.88. The van der Waals surface area contributed by atoms with Crippen molar-refractivity contribution in [2.24, 2.45) is 0 Å². The summed E-state index contributed by atoms with van der Waals surface area (Å²) in [4.78, 5) is 12.6. The summed E-state index contributed by atoms with van der Waals surface area (Å²) in [7, 11) is 0. The summed E-state index contributed by atoms with van der Waals surface area (Å²) in [5, 5.41) is 3.34. The van der Waals surface area contributed by atoms with Gasteiger partial charge in [-0.2, -0.15) is 0 Å². The summed E-state index contributed by atoms with van der Waals surface area (Å²) in [6, 6.07) is 16.6. The number of nitrogens with one attached hydrogen (secondary N) is 1. The molecular weight excluding hydrogens is 246 g/mol. The molecule has 2 aliphatic rings. The van der Waals surface area contributed by atoms with Gasteiger partial charge < -0.3 is 5.32 Å². The average molecular weight is 263 g/mol. The van der Waals surface area contributed by atoms with Crippen LogP contribution in [0.15, 0.2) is 48.5 Å². The standard InChI is InChI=1S/C18H17NO/c20-18(10-13-9-12-5-1-2-6-14(12)13)16-11-19-17-8-4-3-7-15(16)17/h1-8,13,16,19H,9-11H2. The Bertz CT molecular complexity index is 677. The fourth-order valence-corrected chi connectivity index (χ4v) is 3.50. The molecule has 0 aromatic heterocycles. The minimum Gasteiger partial charge on any atom is -0.384 e. The minimum absolute atomic E-state index is 0.0407. The molecule has 0 bridgehead atoms. The number of hydrogen-bond donors (Lipinski definition) is 1. The van der Waals surface area contributed by atoms with Gasteiger partial charge in [0.2, 0.25) is 0 Å². The highest BCUT2D eigenvalue weighted by atomic mass is 16.1. The van der Waals surface area contributed by atoms with Gasteiger partial charge in [-0.15, -0.1) is 0 Å². The second-order valence-electron chi connectivity index (χ2n) is 5.79. The van der Waals surface area contributed by atoms with E-state index < -0.39 is 0 Å². The number of carbonyl (C=O) groups is 1. The summed E-state index contributed by atoms with van der Waals surface area (Å²) in [5.74, 6) is 0.854. The largest absolute Gasteiger partial charge is 0.384 e. The lowest BCUT2D eigenvalue weighted by atomic mass is 9.73. The monoisotopic (exact) mass is 263 g/mol. The molecule has 2 heteroatoms. The molecule has 2 atom stereocenters. The topological polar surface area (TPSA) is 29.1 Å². The van der Waals surface area contributed by atoms with E-state index in [0.717, 1.165) is 18.7 Å². The molecule has 2 unspecified atom stereocenters. The molecule has 0 amide bonds. The quantitative estimate of drug-likeness (QED) is 0.918. The predicted octanol–water partition coefficient (Wildman–Crippen LogP) is 3.49. The van der Waals surface area contributed by atoms with Crippen LogP contribution in [-0.2, 0) is 11.2 Å². The van der Waals surface area contributed by atoms with Crippen LogP contribution in [0.3, 0.4) is 0 Å². The first-order valence-corrected chi connectivity index (χ1v) is 7.26. The summed E-state index contributed by atoms with van der Waals surface area (Å²) in [6.45, 7) is 0.756. The highest BCUT2D eigenvalue weighted by molar-refractivity contribution is 5.90. The maximum atomic E-state index is 12.6. The second kappa shape index (κ2) is 4.48. The first-order valence-electron chi connectivity index (χ1n) is 7.26. The predicted molar refractivity (Wildman–Crippen MR) is 80.2 cm³/mol. The number of anilines is 1. The Balaban J connectivity index is 1.51. The van der Waals surface area contributed by atoms with Gasteiger partial charge >= 0.3 is 0 Å². The fraction of sp³-hybridized carbons (Fsp3) is 0.278. The van der Waals surface area contributed by atoms with Crippen LogP contribution in [0.25, 0.3) is 0 Å². The number of rotatable bonds is 3. The maximum absolute atomic E-state index is 12.6. The molecule has 2 aromatic rings. The van der Waals surface area contributed by atoms with Crippen molar-refractivity contribution in [3.05, 3.63) is 65.2 Å². The van der Waals surface area contributed by atoms with Crippen molar-refractivity contribution in [3.8, 4) is 0 Å². The summed E-state index contributed by atoms with van der Waals surface area (Å²) in [5.41, 5.74) is 5.08. The molecule has 0 spiro atoms. The molecule has 2 nitrogen and oxygen atoms in total. The second-order valence-corrected chi connectivity index (χ2v) is 5.79. The third-order valence-electron chi connectivity index (χ3n) is 4.63. The molecule has 1 heterocycles. The van der Waals surface area contributed by atoms with Crippen LogP contribution in [0.1, 0.15) is 34.9 Å². The van der Waals surface area contributed by atoms with E-state index >= 15 is 0 Å². The Morgan fingerprint density at radius 1 is 1.05 bits per heavy atom. The molecule has 0 radical (unpaired) electrons. The molecular formula is C18H17NO. The Labute approximate surface area is 118 Å². The van der Waals surface area contributed by atoms with Gasteiger partial charge in [-0.05, 0) is 35.1 Å². The van der Waals surface area contributed by atoms with E-state index in [1.807, 2.05) is 12.1 Å². The summed E-state index contributed by atoms with van der Waals surface area (Å²) in [6.07, 6.45) is 1.74. The van der Waals surface area contributed by atoms with Crippen molar-refractivity contribution >= 4 is 11.5 Å². The van der Waals surface area contributed by atoms with E-state index in [1.54, 1.807) is 0 Å². The van der Waals surface area contributed by atoms with E-state index in [4.69, 9.17) is 0 Å². The Morgan fingerprint density at radius 2 is 1.80 bits per heavy atom. The lowest BCUT2D eigenvalue weighted by Crippen LogP contribution is -2.23. The van der Waals surface area contributed by atoms with Gasteiger partial charge in [0, 0.05) is 18.7 Å². The van der Waals surface area contributed by atoms with Gasteiger partial charge in [-0.25, -0.2) is 0 Å². The lowest BCUT2D eigenvalue weighted by molar-refractivity contribution is -0.120. The van der Waals surface area contributed by atoms with Crippen LogP contribution in [0.2, 0.25) is 0 Å². The van der Waals surface area contributed by atoms with Gasteiger partial charge in [0.05, 0.1) is 5.92 Å². The number of benzene rings is 2. The normalized spacial score (nSPS) is 22.4.